The maximum absolute atomic E-state index is 14.2. The third-order valence-electron chi connectivity index (χ3n) is 7.47. The highest BCUT2D eigenvalue weighted by Crippen LogP contribution is 2.48. The zero-order chi connectivity index (χ0) is 31.2. The van der Waals surface area contributed by atoms with E-state index >= 15 is 0 Å². The molecule has 1 N–H and O–H groups in total. The van der Waals surface area contributed by atoms with E-state index in [9.17, 15) is 27.7 Å². The van der Waals surface area contributed by atoms with Gasteiger partial charge >= 0.3 is 7.60 Å². The van der Waals surface area contributed by atoms with Crippen molar-refractivity contribution in [3.05, 3.63) is 63.1 Å². The van der Waals surface area contributed by atoms with Crippen LogP contribution in [0.15, 0.2) is 29.2 Å². The van der Waals surface area contributed by atoms with Crippen molar-refractivity contribution >= 4 is 19.4 Å². The molecule has 2 aromatic rings. The van der Waals surface area contributed by atoms with E-state index in [1.54, 1.807) is 18.4 Å². The van der Waals surface area contributed by atoms with Crippen LogP contribution in [0, 0.1) is 11.6 Å². The highest BCUT2D eigenvalue weighted by molar-refractivity contribution is 7.53. The van der Waals surface area contributed by atoms with Crippen molar-refractivity contribution in [2.24, 2.45) is 0 Å². The highest BCUT2D eigenvalue weighted by atomic mass is 31.2. The Morgan fingerprint density at radius 1 is 1.16 bits per heavy atom. The molecule has 11 nitrogen and oxygen atoms in total. The van der Waals surface area contributed by atoms with Crippen LogP contribution in [-0.2, 0) is 30.4 Å². The molecule has 1 unspecified atom stereocenters. The summed E-state index contributed by atoms with van der Waals surface area (Å²) in [6.07, 6.45) is 3.10. The lowest BCUT2D eigenvalue weighted by atomic mass is 9.92. The molecule has 0 saturated carbocycles. The summed E-state index contributed by atoms with van der Waals surface area (Å²) < 4.78 is 64.7. The van der Waals surface area contributed by atoms with Crippen LogP contribution < -0.4 is 15.5 Å². The van der Waals surface area contributed by atoms with Gasteiger partial charge in [-0.25, -0.2) is 8.78 Å². The van der Waals surface area contributed by atoms with E-state index in [4.69, 9.17) is 18.5 Å². The number of carbonyl (C=O) groups is 2. The van der Waals surface area contributed by atoms with E-state index in [0.29, 0.717) is 25.5 Å². The minimum Gasteiger partial charge on any atom is -0.487 e. The molecule has 4 rings (SSSR count). The average molecular weight is 626 g/mol. The Bertz CT molecular complexity index is 1430. The van der Waals surface area contributed by atoms with Gasteiger partial charge in [0.15, 0.2) is 11.4 Å². The lowest BCUT2D eigenvalue weighted by Gasteiger charge is -2.43. The zero-order valence-corrected chi connectivity index (χ0v) is 25.6. The van der Waals surface area contributed by atoms with Gasteiger partial charge in [-0.1, -0.05) is 19.4 Å². The number of amides is 2. The van der Waals surface area contributed by atoms with Gasteiger partial charge in [0.1, 0.15) is 17.2 Å². The van der Waals surface area contributed by atoms with Crippen molar-refractivity contribution in [3.8, 4) is 5.75 Å². The number of pyridine rings is 1. The number of aromatic nitrogens is 1. The minimum atomic E-state index is -3.47. The Balaban J connectivity index is 1.73. The fraction of sp³-hybridized carbons (Fsp3) is 0.552. The first-order valence-corrected chi connectivity index (χ1v) is 16.2. The van der Waals surface area contributed by atoms with E-state index in [0.717, 1.165) is 12.5 Å². The predicted molar refractivity (Wildman–Crippen MR) is 154 cm³/mol. The molecule has 0 radical (unpaired) electrons. The fourth-order valence-electron chi connectivity index (χ4n) is 5.26. The van der Waals surface area contributed by atoms with Gasteiger partial charge in [-0.15, -0.1) is 0 Å². The molecule has 0 bridgehead atoms. The summed E-state index contributed by atoms with van der Waals surface area (Å²) in [4.78, 5) is 42.5. The molecule has 1 aromatic carbocycles. The number of hydrogen-bond donors (Lipinski definition) is 1. The van der Waals surface area contributed by atoms with E-state index < -0.39 is 42.0 Å². The quantitative estimate of drug-likeness (QED) is 0.246. The average Bonchev–Trinajstić information content (AvgIpc) is 3.44. The fourth-order valence-corrected chi connectivity index (χ4v) is 6.87. The van der Waals surface area contributed by atoms with Crippen molar-refractivity contribution < 1.29 is 41.5 Å². The third-order valence-corrected chi connectivity index (χ3v) is 9.52. The minimum absolute atomic E-state index is 0.0263. The monoisotopic (exact) mass is 625 g/mol. The molecule has 1 fully saturated rings. The first-order valence-electron chi connectivity index (χ1n) is 14.5. The number of nitrogens with one attached hydrogen (secondary N) is 1. The molecule has 2 aliphatic heterocycles. The lowest BCUT2D eigenvalue weighted by Crippen LogP contribution is -2.56. The van der Waals surface area contributed by atoms with Crippen LogP contribution in [0.5, 0.6) is 5.75 Å². The van der Waals surface area contributed by atoms with Crippen LogP contribution >= 0.6 is 7.60 Å². The number of rotatable bonds is 14. The Morgan fingerprint density at radius 3 is 2.53 bits per heavy atom. The van der Waals surface area contributed by atoms with Crippen LogP contribution in [-0.4, -0.2) is 73.6 Å². The summed E-state index contributed by atoms with van der Waals surface area (Å²) in [5.41, 5.74) is -1.91. The van der Waals surface area contributed by atoms with Gasteiger partial charge in [0, 0.05) is 44.1 Å². The molecule has 1 spiro atoms. The van der Waals surface area contributed by atoms with Crippen molar-refractivity contribution in [2.45, 2.75) is 52.1 Å². The molecule has 236 valence electrons. The second kappa shape index (κ2) is 14.1. The smallest absolute Gasteiger partial charge is 0.332 e. The summed E-state index contributed by atoms with van der Waals surface area (Å²) in [5.74, 6) is -3.19. The maximum Gasteiger partial charge on any atom is 0.332 e. The van der Waals surface area contributed by atoms with Gasteiger partial charge in [-0.2, -0.15) is 0 Å². The first kappa shape index (κ1) is 32.8. The molecule has 1 saturated heterocycles. The van der Waals surface area contributed by atoms with E-state index in [2.05, 4.69) is 5.32 Å². The van der Waals surface area contributed by atoms with Crippen molar-refractivity contribution in [1.29, 1.82) is 0 Å². The van der Waals surface area contributed by atoms with Gasteiger partial charge in [0.25, 0.3) is 11.8 Å². The number of carbonyl (C=O) groups excluding carboxylic acids is 2. The maximum atomic E-state index is 14.2. The largest absolute Gasteiger partial charge is 0.487 e. The third kappa shape index (κ3) is 7.17. The van der Waals surface area contributed by atoms with Gasteiger partial charge in [0.05, 0.1) is 38.1 Å². The number of fused-ring (bicyclic) bond motifs is 2. The highest BCUT2D eigenvalue weighted by Gasteiger charge is 2.48. The number of hydrogen-bond acceptors (Lipinski definition) is 8. The molecular formula is C29H38F2N3O8P. The van der Waals surface area contributed by atoms with Crippen molar-refractivity contribution in [1.82, 2.24) is 14.8 Å². The predicted octanol–water partition coefficient (Wildman–Crippen LogP) is 4.07. The number of halogens is 2. The number of ether oxygens (including phenoxy) is 2. The summed E-state index contributed by atoms with van der Waals surface area (Å²) in [7, 11) is -3.47. The summed E-state index contributed by atoms with van der Waals surface area (Å²) in [5, 5.41) is 2.52. The van der Waals surface area contributed by atoms with Crippen molar-refractivity contribution in [3.63, 3.8) is 0 Å². The number of unbranched alkanes of at least 4 members (excludes halogenated alkanes) is 1. The van der Waals surface area contributed by atoms with Gasteiger partial charge in [0.2, 0.25) is 5.43 Å². The number of benzene rings is 1. The zero-order valence-electron chi connectivity index (χ0n) is 24.7. The van der Waals surface area contributed by atoms with Gasteiger partial charge < -0.3 is 33.3 Å². The van der Waals surface area contributed by atoms with Gasteiger partial charge in [-0.3, -0.25) is 18.9 Å². The molecule has 2 aliphatic rings. The summed E-state index contributed by atoms with van der Waals surface area (Å²) in [6.45, 7) is 6.30. The van der Waals surface area contributed by atoms with Crippen molar-refractivity contribution in [2.75, 3.05) is 52.3 Å². The van der Waals surface area contributed by atoms with Crippen LogP contribution in [0.3, 0.4) is 0 Å². The van der Waals surface area contributed by atoms with Crippen LogP contribution in [0.25, 0.3) is 0 Å². The molecule has 1 aromatic heterocycles. The molecular weight excluding hydrogens is 587 g/mol. The summed E-state index contributed by atoms with van der Waals surface area (Å²) in [6, 6.07) is 2.98. The molecule has 43 heavy (non-hydrogen) atoms. The van der Waals surface area contributed by atoms with Gasteiger partial charge in [-0.05, 0) is 32.8 Å². The Morgan fingerprint density at radius 2 is 1.91 bits per heavy atom. The second-order valence-electron chi connectivity index (χ2n) is 10.5. The summed E-state index contributed by atoms with van der Waals surface area (Å²) >= 11 is 0. The van der Waals surface area contributed by atoms with E-state index in [1.165, 1.54) is 17.2 Å². The Kier molecular flexibility index (Phi) is 10.8. The molecule has 14 heteroatoms. The second-order valence-corrected chi connectivity index (χ2v) is 12.6. The first-order chi connectivity index (χ1) is 20.6. The van der Waals surface area contributed by atoms with Crippen LogP contribution in [0.1, 0.15) is 66.4 Å². The topological polar surface area (TPSA) is 125 Å². The van der Waals surface area contributed by atoms with E-state index in [-0.39, 0.29) is 74.8 Å². The Hall–Kier alpha value is -3.12. The van der Waals surface area contributed by atoms with Crippen LogP contribution in [0.2, 0.25) is 0 Å². The lowest BCUT2D eigenvalue weighted by molar-refractivity contribution is 0.0505. The molecule has 0 aliphatic carbocycles. The molecule has 2 amide bonds. The molecule has 3 heterocycles. The Labute approximate surface area is 249 Å². The van der Waals surface area contributed by atoms with Crippen LogP contribution in [0.4, 0.5) is 8.78 Å². The number of nitrogens with zero attached hydrogens (tertiary/aromatic N) is 2. The molecule has 1 atom stereocenters. The standard InChI is InChI=1S/C29H38F2N3O8P/c1-4-7-12-40-26-24-28(37)33(11-14-43(38,41-5-2)42-6-3)18-29(10-13-39-19-29)34(24)17-22(25(26)35)27(36)32-16-20-8-9-21(30)15-23(20)31/h8-9,15,17H,4-7,10-14,16,18-19H2,1-3H3,(H,32,36). The normalized spacial score (nSPS) is 18.3. The van der Waals surface area contributed by atoms with E-state index in [1.807, 2.05) is 6.92 Å². The SMILES string of the molecule is CCCCOc1c2n(cc(C(=O)NCc3ccc(F)cc3F)c1=O)C1(CCOC1)CN(CCP(=O)(OCC)OCC)C2=O.